The number of nitrogen functional groups attached to an aromatic ring is 1. The van der Waals surface area contributed by atoms with Crippen molar-refractivity contribution in [3.05, 3.63) is 29.7 Å². The minimum absolute atomic E-state index is 0.371. The van der Waals surface area contributed by atoms with Crippen molar-refractivity contribution in [1.29, 1.82) is 0 Å². The number of methoxy groups -OCH3 is 1. The van der Waals surface area contributed by atoms with Crippen molar-refractivity contribution < 1.29 is 4.74 Å². The molecule has 2 heterocycles. The molecule has 2 aromatic heterocycles. The van der Waals surface area contributed by atoms with Crippen LogP contribution < -0.4 is 11.3 Å². The number of ether oxygens (including phenoxy) is 1. The van der Waals surface area contributed by atoms with E-state index in [4.69, 9.17) is 10.6 Å². The molecule has 0 saturated heterocycles. The molecule has 0 fully saturated rings. The van der Waals surface area contributed by atoms with Gasteiger partial charge in [0.15, 0.2) is 11.6 Å². The zero-order chi connectivity index (χ0) is 13.0. The Hall–Kier alpha value is -2.12. The van der Waals surface area contributed by atoms with E-state index in [9.17, 15) is 0 Å². The summed E-state index contributed by atoms with van der Waals surface area (Å²) in [4.78, 5) is 16.9. The number of anilines is 1. The topological polar surface area (TPSA) is 98.8 Å². The Kier molecular flexibility index (Phi) is 3.75. The van der Waals surface area contributed by atoms with E-state index < -0.39 is 0 Å². The first-order valence-electron chi connectivity index (χ1n) is 5.35. The molecule has 0 atom stereocenters. The Balaban J connectivity index is 2.42. The lowest BCUT2D eigenvalue weighted by Crippen LogP contribution is -2.11. The molecular weight excluding hydrogens is 232 g/mol. The van der Waals surface area contributed by atoms with Crippen LogP contribution in [-0.4, -0.2) is 27.0 Å². The highest BCUT2D eigenvalue weighted by molar-refractivity contribution is 5.48. The number of nitrogens with one attached hydrogen (secondary N) is 1. The van der Waals surface area contributed by atoms with E-state index in [1.54, 1.807) is 25.6 Å². The third-order valence-corrected chi connectivity index (χ3v) is 2.20. The molecule has 0 aliphatic heterocycles. The van der Waals surface area contributed by atoms with Crippen molar-refractivity contribution in [3.63, 3.8) is 0 Å². The first-order valence-corrected chi connectivity index (χ1v) is 5.35. The molecule has 0 saturated carbocycles. The molecule has 0 amide bonds. The number of nitrogens with zero attached hydrogens (tertiary/aromatic N) is 4. The second-order valence-corrected chi connectivity index (χ2v) is 3.73. The molecule has 0 aliphatic carbocycles. The van der Waals surface area contributed by atoms with Gasteiger partial charge in [-0.2, -0.15) is 0 Å². The van der Waals surface area contributed by atoms with Gasteiger partial charge in [-0.25, -0.2) is 25.8 Å². The largest absolute Gasteiger partial charge is 0.378 e. The summed E-state index contributed by atoms with van der Waals surface area (Å²) >= 11 is 0. The third-order valence-electron chi connectivity index (χ3n) is 2.20. The molecular formula is C11H14N6O. The highest BCUT2D eigenvalue weighted by Gasteiger charge is 2.08. The average molecular weight is 246 g/mol. The van der Waals surface area contributed by atoms with Gasteiger partial charge >= 0.3 is 0 Å². The third kappa shape index (κ3) is 2.76. The van der Waals surface area contributed by atoms with E-state index in [1.165, 1.54) is 0 Å². The van der Waals surface area contributed by atoms with Crippen molar-refractivity contribution in [1.82, 2.24) is 19.9 Å². The quantitative estimate of drug-likeness (QED) is 0.604. The first-order chi connectivity index (χ1) is 8.72. The predicted molar refractivity (Wildman–Crippen MR) is 66.3 cm³/mol. The number of aromatic nitrogens is 4. The van der Waals surface area contributed by atoms with Gasteiger partial charge in [0.2, 0.25) is 0 Å². The summed E-state index contributed by atoms with van der Waals surface area (Å²) in [6, 6.07) is 1.71. The van der Waals surface area contributed by atoms with E-state index in [0.717, 1.165) is 5.56 Å². The summed E-state index contributed by atoms with van der Waals surface area (Å²) in [6.07, 6.45) is 3.43. The summed E-state index contributed by atoms with van der Waals surface area (Å²) < 4.78 is 5.04. The number of aryl methyl sites for hydroxylation is 1. The maximum absolute atomic E-state index is 5.36. The van der Waals surface area contributed by atoms with Crippen molar-refractivity contribution in [3.8, 4) is 11.6 Å². The van der Waals surface area contributed by atoms with Crippen LogP contribution in [0.1, 0.15) is 11.3 Å². The molecule has 2 aromatic rings. The predicted octanol–water partition coefficient (Wildman–Crippen LogP) is 0.674. The van der Waals surface area contributed by atoms with Crippen molar-refractivity contribution >= 4 is 5.82 Å². The van der Waals surface area contributed by atoms with E-state index in [1.807, 2.05) is 6.92 Å². The number of nitrogens with two attached hydrogens (primary N) is 1. The Morgan fingerprint density at radius 1 is 1.22 bits per heavy atom. The first kappa shape index (κ1) is 12.3. The van der Waals surface area contributed by atoms with Gasteiger partial charge in [0.05, 0.1) is 12.3 Å². The van der Waals surface area contributed by atoms with Crippen LogP contribution >= 0.6 is 0 Å². The number of hydrogen-bond donors (Lipinski definition) is 2. The fourth-order valence-electron chi connectivity index (χ4n) is 1.40. The maximum atomic E-state index is 5.36. The Morgan fingerprint density at radius 2 is 1.94 bits per heavy atom. The van der Waals surface area contributed by atoms with Gasteiger partial charge in [-0.05, 0) is 12.5 Å². The van der Waals surface area contributed by atoms with Crippen LogP contribution in [0.4, 0.5) is 5.82 Å². The van der Waals surface area contributed by atoms with Crippen LogP contribution in [0.5, 0.6) is 0 Å². The van der Waals surface area contributed by atoms with E-state index in [-0.39, 0.29) is 0 Å². The summed E-state index contributed by atoms with van der Waals surface area (Å²) in [5.41, 5.74) is 4.17. The average Bonchev–Trinajstić information content (AvgIpc) is 2.39. The van der Waals surface area contributed by atoms with Crippen molar-refractivity contribution in [2.75, 3.05) is 12.5 Å². The molecule has 0 unspecified atom stereocenters. The van der Waals surface area contributed by atoms with Crippen LogP contribution in [0, 0.1) is 6.92 Å². The monoisotopic (exact) mass is 246 g/mol. The van der Waals surface area contributed by atoms with Gasteiger partial charge in [-0.3, -0.25) is 0 Å². The molecule has 18 heavy (non-hydrogen) atoms. The molecule has 3 N–H and O–H groups in total. The molecule has 7 heteroatoms. The number of hydrazine groups is 1. The number of hydrogen-bond acceptors (Lipinski definition) is 7. The van der Waals surface area contributed by atoms with Crippen LogP contribution in [0.25, 0.3) is 11.6 Å². The van der Waals surface area contributed by atoms with Crippen molar-refractivity contribution in [2.45, 2.75) is 13.5 Å². The maximum Gasteiger partial charge on any atom is 0.200 e. The normalized spacial score (nSPS) is 10.4. The molecule has 2 rings (SSSR count). The molecule has 0 spiro atoms. The van der Waals surface area contributed by atoms with Crippen LogP contribution in [-0.2, 0) is 11.3 Å². The molecule has 0 aromatic carbocycles. The summed E-state index contributed by atoms with van der Waals surface area (Å²) in [5.74, 6) is 6.73. The van der Waals surface area contributed by atoms with Crippen LogP contribution in [0.2, 0.25) is 0 Å². The fraction of sp³-hybridized carbons (Fsp3) is 0.273. The fourth-order valence-corrected chi connectivity index (χ4v) is 1.40. The molecule has 7 nitrogen and oxygen atoms in total. The smallest absolute Gasteiger partial charge is 0.200 e. The highest BCUT2D eigenvalue weighted by atomic mass is 16.5. The minimum atomic E-state index is 0.371. The lowest BCUT2D eigenvalue weighted by atomic mass is 10.3. The van der Waals surface area contributed by atoms with E-state index >= 15 is 0 Å². The Labute approximate surface area is 104 Å². The highest BCUT2D eigenvalue weighted by Crippen LogP contribution is 2.14. The van der Waals surface area contributed by atoms with Gasteiger partial charge in [-0.1, -0.05) is 0 Å². The molecule has 0 bridgehead atoms. The Morgan fingerprint density at radius 3 is 2.56 bits per heavy atom. The zero-order valence-electron chi connectivity index (χ0n) is 10.2. The van der Waals surface area contributed by atoms with Crippen LogP contribution in [0.15, 0.2) is 18.5 Å². The Bertz CT molecular complexity index is 528. The van der Waals surface area contributed by atoms with Crippen LogP contribution in [0.3, 0.4) is 0 Å². The molecule has 0 radical (unpaired) electrons. The second-order valence-electron chi connectivity index (χ2n) is 3.73. The van der Waals surface area contributed by atoms with Gasteiger partial charge in [0, 0.05) is 25.6 Å². The van der Waals surface area contributed by atoms with Crippen molar-refractivity contribution in [2.24, 2.45) is 5.84 Å². The molecule has 94 valence electrons. The standard InChI is InChI=1S/C11H14N6O/c1-7-4-13-10(14-5-7)11-15-8(6-18-2)3-9(16-11)17-12/h3-5H,6,12H2,1-2H3,(H,15,16,17). The second kappa shape index (κ2) is 5.48. The van der Waals surface area contributed by atoms with Gasteiger partial charge in [0.1, 0.15) is 5.82 Å². The molecule has 0 aliphatic rings. The van der Waals surface area contributed by atoms with E-state index in [2.05, 4.69) is 25.4 Å². The van der Waals surface area contributed by atoms with Gasteiger partial charge in [0.25, 0.3) is 0 Å². The van der Waals surface area contributed by atoms with Gasteiger partial charge in [-0.15, -0.1) is 0 Å². The SMILES string of the molecule is COCc1cc(NN)nc(-c2ncc(C)cn2)n1. The number of rotatable bonds is 4. The lowest BCUT2D eigenvalue weighted by Gasteiger charge is -2.06. The van der Waals surface area contributed by atoms with Gasteiger partial charge < -0.3 is 10.2 Å². The summed E-state index contributed by atoms with van der Waals surface area (Å²) in [6.45, 7) is 2.29. The van der Waals surface area contributed by atoms with E-state index in [0.29, 0.717) is 29.8 Å². The minimum Gasteiger partial charge on any atom is -0.378 e. The summed E-state index contributed by atoms with van der Waals surface area (Å²) in [7, 11) is 1.60. The summed E-state index contributed by atoms with van der Waals surface area (Å²) in [5, 5.41) is 0. The lowest BCUT2D eigenvalue weighted by molar-refractivity contribution is 0.181. The zero-order valence-corrected chi connectivity index (χ0v) is 10.2.